The van der Waals surface area contributed by atoms with E-state index in [4.69, 9.17) is 4.52 Å². The van der Waals surface area contributed by atoms with Gasteiger partial charge in [-0.3, -0.25) is 4.79 Å². The fourth-order valence-electron chi connectivity index (χ4n) is 2.22. The first kappa shape index (κ1) is 25.0. The molecule has 0 unspecified atom stereocenters. The van der Waals surface area contributed by atoms with Gasteiger partial charge in [0.25, 0.3) is 0 Å². The van der Waals surface area contributed by atoms with Gasteiger partial charge in [0.1, 0.15) is 6.54 Å². The highest BCUT2D eigenvalue weighted by Gasteiger charge is 2.13. The van der Waals surface area contributed by atoms with Crippen LogP contribution >= 0.6 is 35.7 Å². The predicted octanol–water partition coefficient (Wildman–Crippen LogP) is 2.68. The number of aromatic nitrogens is 1. The lowest BCUT2D eigenvalue weighted by atomic mass is 9.99. The van der Waals surface area contributed by atoms with E-state index in [1.165, 1.54) is 4.90 Å². The molecule has 0 saturated carbocycles. The molecule has 1 aromatic rings. The Morgan fingerprint density at radius 3 is 2.62 bits per heavy atom. The van der Waals surface area contributed by atoms with Crippen molar-refractivity contribution in [2.75, 3.05) is 39.2 Å². The third-order valence-electron chi connectivity index (χ3n) is 3.88. The third-order valence-corrected chi connectivity index (χ3v) is 4.49. The number of rotatable bonds is 10. The molecule has 1 rings (SSSR count). The monoisotopic (exact) mass is 497 g/mol. The van der Waals surface area contributed by atoms with Crippen molar-refractivity contribution in [3.63, 3.8) is 0 Å². The van der Waals surface area contributed by atoms with Gasteiger partial charge < -0.3 is 20.1 Å². The maximum Gasteiger partial charge on any atom is 0.243 e. The Morgan fingerprint density at radius 2 is 2.04 bits per heavy atom. The van der Waals surface area contributed by atoms with Crippen molar-refractivity contribution >= 4 is 47.6 Å². The van der Waals surface area contributed by atoms with E-state index in [1.54, 1.807) is 25.9 Å². The summed E-state index contributed by atoms with van der Waals surface area (Å²) in [6.45, 7) is 5.68. The Kier molecular flexibility index (Phi) is 13.6. The van der Waals surface area contributed by atoms with Crippen LogP contribution in [0.15, 0.2) is 15.6 Å². The number of nitrogens with one attached hydrogen (secondary N) is 2. The van der Waals surface area contributed by atoms with Crippen molar-refractivity contribution in [3.8, 4) is 0 Å². The molecule has 1 aromatic heterocycles. The Morgan fingerprint density at radius 1 is 1.35 bits per heavy atom. The summed E-state index contributed by atoms with van der Waals surface area (Å²) in [7, 11) is 3.44. The molecule has 0 aliphatic carbocycles. The molecular weight excluding hydrogens is 465 g/mol. The number of hydrogen-bond acceptors (Lipinski definition) is 5. The van der Waals surface area contributed by atoms with Gasteiger partial charge in [0, 0.05) is 38.4 Å². The number of amides is 1. The normalized spacial score (nSPS) is 11.2. The van der Waals surface area contributed by atoms with Crippen molar-refractivity contribution in [1.82, 2.24) is 20.7 Å². The van der Waals surface area contributed by atoms with Gasteiger partial charge in [-0.2, -0.15) is 11.8 Å². The minimum atomic E-state index is -0.0401. The van der Waals surface area contributed by atoms with Crippen molar-refractivity contribution in [1.29, 1.82) is 0 Å². The van der Waals surface area contributed by atoms with Crippen LogP contribution in [0.2, 0.25) is 0 Å². The second kappa shape index (κ2) is 14.1. The Bertz CT molecular complexity index is 547. The molecule has 0 fully saturated rings. The Balaban J connectivity index is 0.00000625. The Labute approximate surface area is 178 Å². The number of thioether (sulfide) groups is 1. The average Bonchev–Trinajstić information content (AvgIpc) is 3.06. The predicted molar refractivity (Wildman–Crippen MR) is 119 cm³/mol. The summed E-state index contributed by atoms with van der Waals surface area (Å²) in [6.07, 6.45) is 4.15. The van der Waals surface area contributed by atoms with E-state index in [2.05, 4.69) is 40.9 Å². The zero-order valence-corrected chi connectivity index (χ0v) is 19.5. The topological polar surface area (TPSA) is 82.8 Å². The van der Waals surface area contributed by atoms with E-state index >= 15 is 0 Å². The van der Waals surface area contributed by atoms with E-state index in [0.29, 0.717) is 18.4 Å². The summed E-state index contributed by atoms with van der Waals surface area (Å²) < 4.78 is 5.41. The molecule has 0 saturated heterocycles. The molecule has 150 valence electrons. The number of carbonyl (C=O) groups excluding carboxylic acids is 1. The van der Waals surface area contributed by atoms with E-state index in [0.717, 1.165) is 36.6 Å². The minimum absolute atomic E-state index is 0. The van der Waals surface area contributed by atoms with Crippen LogP contribution in [0.5, 0.6) is 0 Å². The fraction of sp³-hybridized carbons (Fsp3) is 0.706. The molecule has 0 atom stereocenters. The fourth-order valence-corrected chi connectivity index (χ4v) is 2.52. The van der Waals surface area contributed by atoms with Crippen LogP contribution in [0.3, 0.4) is 0 Å². The number of carbonyl (C=O) groups is 1. The van der Waals surface area contributed by atoms with E-state index < -0.39 is 0 Å². The highest BCUT2D eigenvalue weighted by Crippen LogP contribution is 2.22. The molecule has 7 nitrogen and oxygen atoms in total. The molecule has 0 aliphatic heterocycles. The first-order valence-corrected chi connectivity index (χ1v) is 10.1. The number of likely N-dealkylation sites (N-methyl/N-ethyl adjacent to an activating group) is 1. The van der Waals surface area contributed by atoms with Crippen LogP contribution in [0.4, 0.5) is 0 Å². The van der Waals surface area contributed by atoms with Crippen molar-refractivity contribution < 1.29 is 9.32 Å². The lowest BCUT2D eigenvalue weighted by Crippen LogP contribution is -2.39. The highest BCUT2D eigenvalue weighted by molar-refractivity contribution is 14.0. The lowest BCUT2D eigenvalue weighted by molar-refractivity contribution is -0.127. The smallest absolute Gasteiger partial charge is 0.243 e. The summed E-state index contributed by atoms with van der Waals surface area (Å²) in [5.74, 6) is 2.72. The summed E-state index contributed by atoms with van der Waals surface area (Å²) in [5, 5.41) is 10.6. The standard InChI is InChI=1S/C17H31N5O2S.HI/c1-6-13(7-2)15-10-14(24-21-15)11-19-17(18-8-9-25-5)20-12-16(23)22(3)4;/h10,13H,6-9,11-12H2,1-5H3,(H2,18,19,20);1H. The Hall–Kier alpha value is -0.970. The molecule has 0 spiro atoms. The average molecular weight is 497 g/mol. The van der Waals surface area contributed by atoms with Crippen LogP contribution < -0.4 is 10.6 Å². The summed E-state index contributed by atoms with van der Waals surface area (Å²) in [4.78, 5) is 17.6. The highest BCUT2D eigenvalue weighted by atomic mass is 127. The lowest BCUT2D eigenvalue weighted by Gasteiger charge is -2.12. The van der Waals surface area contributed by atoms with E-state index in [9.17, 15) is 4.79 Å². The van der Waals surface area contributed by atoms with Gasteiger partial charge in [-0.05, 0) is 19.1 Å². The SMILES string of the molecule is CCC(CC)c1cc(CNC(=NCC(=O)N(C)C)NCCSC)on1.I. The molecule has 9 heteroatoms. The summed E-state index contributed by atoms with van der Waals surface area (Å²) in [5.41, 5.74) is 0.999. The maximum atomic E-state index is 11.7. The van der Waals surface area contributed by atoms with Crippen LogP contribution in [-0.4, -0.2) is 61.1 Å². The van der Waals surface area contributed by atoms with Crippen LogP contribution in [-0.2, 0) is 11.3 Å². The van der Waals surface area contributed by atoms with Gasteiger partial charge in [-0.25, -0.2) is 4.99 Å². The van der Waals surface area contributed by atoms with Gasteiger partial charge in [-0.15, -0.1) is 24.0 Å². The molecule has 1 heterocycles. The molecular formula is C17H32IN5O2S. The van der Waals surface area contributed by atoms with Gasteiger partial charge in [-0.1, -0.05) is 19.0 Å². The van der Waals surface area contributed by atoms with Gasteiger partial charge in [0.2, 0.25) is 5.91 Å². The first-order valence-electron chi connectivity index (χ1n) is 8.68. The van der Waals surface area contributed by atoms with E-state index in [-0.39, 0.29) is 36.4 Å². The summed E-state index contributed by atoms with van der Waals surface area (Å²) in [6, 6.07) is 2.00. The zero-order chi connectivity index (χ0) is 18.7. The van der Waals surface area contributed by atoms with E-state index in [1.807, 2.05) is 6.07 Å². The number of nitrogens with zero attached hydrogens (tertiary/aromatic N) is 3. The van der Waals surface area contributed by atoms with Crippen molar-refractivity contribution in [3.05, 3.63) is 17.5 Å². The van der Waals surface area contributed by atoms with Crippen LogP contribution in [0.25, 0.3) is 0 Å². The number of halogens is 1. The second-order valence-electron chi connectivity index (χ2n) is 5.96. The molecule has 0 bridgehead atoms. The van der Waals surface area contributed by atoms with Gasteiger partial charge in [0.15, 0.2) is 11.7 Å². The maximum absolute atomic E-state index is 11.7. The molecule has 0 aliphatic rings. The number of hydrogen-bond donors (Lipinski definition) is 2. The van der Waals surface area contributed by atoms with Gasteiger partial charge in [0.05, 0.1) is 12.2 Å². The first-order chi connectivity index (χ1) is 12.0. The summed E-state index contributed by atoms with van der Waals surface area (Å²) >= 11 is 1.75. The van der Waals surface area contributed by atoms with Gasteiger partial charge >= 0.3 is 0 Å². The third kappa shape index (κ3) is 9.11. The van der Waals surface area contributed by atoms with Crippen molar-refractivity contribution in [2.45, 2.75) is 39.2 Å². The molecule has 1 amide bonds. The molecule has 0 radical (unpaired) electrons. The van der Waals surface area contributed by atoms with Crippen molar-refractivity contribution in [2.24, 2.45) is 4.99 Å². The molecule has 0 aromatic carbocycles. The number of aliphatic imine (C=N–C) groups is 1. The van der Waals surface area contributed by atoms with Crippen LogP contribution in [0, 0.1) is 0 Å². The number of guanidine groups is 1. The second-order valence-corrected chi connectivity index (χ2v) is 6.94. The molecule has 2 N–H and O–H groups in total. The molecule has 26 heavy (non-hydrogen) atoms. The minimum Gasteiger partial charge on any atom is -0.359 e. The largest absolute Gasteiger partial charge is 0.359 e. The zero-order valence-electron chi connectivity index (χ0n) is 16.4. The van der Waals surface area contributed by atoms with Crippen LogP contribution in [0.1, 0.15) is 44.1 Å². The quantitative estimate of drug-likeness (QED) is 0.224.